The van der Waals surface area contributed by atoms with Crippen molar-refractivity contribution >= 4 is 61.0 Å². The zero-order valence-corrected chi connectivity index (χ0v) is 26.7. The van der Waals surface area contributed by atoms with Crippen molar-refractivity contribution in [3.8, 4) is 22.6 Å². The third-order valence-electron chi connectivity index (χ3n) is 8.36. The van der Waals surface area contributed by atoms with Crippen molar-refractivity contribution in [1.29, 1.82) is 0 Å². The van der Waals surface area contributed by atoms with Crippen LogP contribution in [0.15, 0.2) is 119 Å². The summed E-state index contributed by atoms with van der Waals surface area (Å²) in [5.41, 5.74) is 12.0. The van der Waals surface area contributed by atoms with E-state index in [0.717, 1.165) is 65.7 Å². The number of hydrogen-bond donors (Lipinski definition) is 2. The van der Waals surface area contributed by atoms with Gasteiger partial charge in [0.1, 0.15) is 28.3 Å². The molecular weight excluding hydrogens is 600 g/mol. The molecule has 4 aromatic carbocycles. The lowest BCUT2D eigenvalue weighted by atomic mass is 9.95. The molecule has 0 bridgehead atoms. The van der Waals surface area contributed by atoms with Crippen LogP contribution in [0.2, 0.25) is 0 Å². The molecule has 3 N–H and O–H groups in total. The number of carbonyl (C=O) groups is 1. The zero-order valence-electron chi connectivity index (χ0n) is 26.7. The van der Waals surface area contributed by atoms with E-state index in [1.807, 2.05) is 118 Å². The molecule has 8 heteroatoms. The molecule has 0 aliphatic rings. The van der Waals surface area contributed by atoms with Gasteiger partial charge in [-0.2, -0.15) is 0 Å². The molecule has 4 aromatic heterocycles. The van der Waals surface area contributed by atoms with Crippen LogP contribution in [0.3, 0.4) is 0 Å². The highest BCUT2D eigenvalue weighted by molar-refractivity contribution is 6.02. The largest absolute Gasteiger partial charge is 0.456 e. The number of ether oxygens (including phenoxy) is 1. The fourth-order valence-corrected chi connectivity index (χ4v) is 6.27. The summed E-state index contributed by atoms with van der Waals surface area (Å²) >= 11 is 0. The van der Waals surface area contributed by atoms with Crippen LogP contribution in [0.5, 0.6) is 0 Å². The van der Waals surface area contributed by atoms with Gasteiger partial charge >= 0.3 is 6.09 Å². The molecule has 0 fully saturated rings. The molecule has 8 rings (SSSR count). The summed E-state index contributed by atoms with van der Waals surface area (Å²) < 4.78 is 18.5. The second kappa shape index (κ2) is 11.3. The van der Waals surface area contributed by atoms with Crippen LogP contribution >= 0.6 is 0 Å². The van der Waals surface area contributed by atoms with E-state index in [0.29, 0.717) is 29.3 Å². The molecule has 236 valence electrons. The topological polar surface area (TPSA) is 116 Å². The Morgan fingerprint density at radius 1 is 0.729 bits per heavy atom. The van der Waals surface area contributed by atoms with Gasteiger partial charge < -0.3 is 19.3 Å². The number of benzene rings is 4. The van der Waals surface area contributed by atoms with E-state index >= 15 is 0 Å². The Kier molecular flexibility index (Phi) is 6.87. The number of nitrogen functional groups attached to an aromatic ring is 1. The first-order chi connectivity index (χ1) is 23.2. The van der Waals surface area contributed by atoms with Crippen molar-refractivity contribution in [2.24, 2.45) is 0 Å². The van der Waals surface area contributed by atoms with Gasteiger partial charge in [-0.3, -0.25) is 15.3 Å². The first-order valence-corrected chi connectivity index (χ1v) is 15.7. The van der Waals surface area contributed by atoms with E-state index in [1.54, 1.807) is 6.20 Å². The lowest BCUT2D eigenvalue weighted by Crippen LogP contribution is -2.27. The Hall–Kier alpha value is -6.15. The summed E-state index contributed by atoms with van der Waals surface area (Å²) in [7, 11) is 0. The van der Waals surface area contributed by atoms with Gasteiger partial charge in [0, 0.05) is 75.3 Å². The number of nitrogens with one attached hydrogen (secondary N) is 1. The number of carbonyl (C=O) groups excluding carboxylic acids is 1. The van der Waals surface area contributed by atoms with Crippen molar-refractivity contribution < 1.29 is 18.4 Å². The number of pyridine rings is 2. The quantitative estimate of drug-likeness (QED) is 0.181. The van der Waals surface area contributed by atoms with Gasteiger partial charge in [0.2, 0.25) is 0 Å². The Bertz CT molecular complexity index is 2490. The predicted molar refractivity (Wildman–Crippen MR) is 191 cm³/mol. The molecule has 0 atom stereocenters. The lowest BCUT2D eigenvalue weighted by molar-refractivity contribution is 0.0636. The van der Waals surface area contributed by atoms with E-state index in [4.69, 9.17) is 19.3 Å². The third-order valence-corrected chi connectivity index (χ3v) is 8.36. The number of rotatable bonds is 5. The summed E-state index contributed by atoms with van der Waals surface area (Å²) in [5, 5.41) is 8.70. The van der Waals surface area contributed by atoms with Crippen LogP contribution in [-0.4, -0.2) is 21.7 Å². The van der Waals surface area contributed by atoms with Crippen molar-refractivity contribution in [3.05, 3.63) is 121 Å². The molecule has 4 heterocycles. The van der Waals surface area contributed by atoms with Crippen LogP contribution < -0.4 is 11.1 Å². The van der Waals surface area contributed by atoms with Crippen LogP contribution in [-0.2, 0) is 11.2 Å². The highest BCUT2D eigenvalue weighted by atomic mass is 16.6. The van der Waals surface area contributed by atoms with Gasteiger partial charge in [-0.25, -0.2) is 4.79 Å². The van der Waals surface area contributed by atoms with Gasteiger partial charge in [0.05, 0.1) is 0 Å². The summed E-state index contributed by atoms with van der Waals surface area (Å²) in [6.45, 7) is 5.52. The van der Waals surface area contributed by atoms with Gasteiger partial charge in [0.25, 0.3) is 0 Å². The molecule has 8 aromatic rings. The fourth-order valence-electron chi connectivity index (χ4n) is 6.27. The number of hydrogen-bond acceptors (Lipinski definition) is 7. The third kappa shape index (κ3) is 5.47. The minimum Gasteiger partial charge on any atom is -0.456 e. The monoisotopic (exact) mass is 632 g/mol. The van der Waals surface area contributed by atoms with Gasteiger partial charge in [-0.05, 0) is 85.1 Å². The van der Waals surface area contributed by atoms with E-state index < -0.39 is 11.7 Å². The van der Waals surface area contributed by atoms with Crippen LogP contribution in [0.25, 0.3) is 66.1 Å². The number of anilines is 2. The normalized spacial score (nSPS) is 11.9. The Morgan fingerprint density at radius 2 is 1.48 bits per heavy atom. The summed E-state index contributed by atoms with van der Waals surface area (Å²) in [5.74, 6) is 1.40. The van der Waals surface area contributed by atoms with E-state index in [2.05, 4.69) is 21.4 Å². The molecule has 0 aliphatic carbocycles. The Balaban J connectivity index is 1.26. The van der Waals surface area contributed by atoms with E-state index in [1.165, 1.54) is 0 Å². The van der Waals surface area contributed by atoms with Crippen molar-refractivity contribution in [2.75, 3.05) is 11.1 Å². The number of aromatic nitrogens is 2. The number of nitrogens with zero attached hydrogens (tertiary/aromatic N) is 2. The standard InChI is InChI=1S/C40H32N4O4/c1-40(2,3)48-39(45)44-29-14-27(32-20-43-22-34(31(32)18-29)36-15-23-7-4-5-10-35(23)46-36)13-24-8-6-9-25-16-37(47-38(24)25)33-21-42-19-26-11-12-28(41)17-30(26)33/h4-12,14-22H,13,41H2,1-3H3,(H,44,45). The number of fused-ring (bicyclic) bond motifs is 4. The zero-order chi connectivity index (χ0) is 33.0. The summed E-state index contributed by atoms with van der Waals surface area (Å²) in [6, 6.07) is 27.8. The molecule has 48 heavy (non-hydrogen) atoms. The molecule has 1 amide bonds. The highest BCUT2D eigenvalue weighted by Crippen LogP contribution is 2.38. The van der Waals surface area contributed by atoms with Crippen molar-refractivity contribution in [1.82, 2.24) is 9.97 Å². The molecular formula is C40H32N4O4. The fraction of sp³-hybridized carbons (Fsp3) is 0.125. The first-order valence-electron chi connectivity index (χ1n) is 15.7. The molecule has 0 saturated heterocycles. The van der Waals surface area contributed by atoms with E-state index in [9.17, 15) is 4.79 Å². The van der Waals surface area contributed by atoms with Crippen molar-refractivity contribution in [2.45, 2.75) is 32.8 Å². The molecule has 0 radical (unpaired) electrons. The van der Waals surface area contributed by atoms with Gasteiger partial charge in [0.15, 0.2) is 0 Å². The molecule has 0 spiro atoms. The SMILES string of the molecule is CC(C)(C)OC(=O)Nc1cc(Cc2cccc3cc(-c4cncc5ccc(N)cc45)oc23)c2cncc(-c3cc4ccccc4o3)c2c1. The average molecular weight is 633 g/mol. The number of nitrogens with two attached hydrogens (primary N) is 1. The predicted octanol–water partition coefficient (Wildman–Crippen LogP) is 10.1. The van der Waals surface area contributed by atoms with Crippen molar-refractivity contribution in [3.63, 3.8) is 0 Å². The van der Waals surface area contributed by atoms with Crippen LogP contribution in [0.1, 0.15) is 31.9 Å². The van der Waals surface area contributed by atoms with Gasteiger partial charge in [-0.1, -0.05) is 42.5 Å². The molecule has 0 aliphatic heterocycles. The molecule has 8 nitrogen and oxygen atoms in total. The Morgan fingerprint density at radius 3 is 2.31 bits per heavy atom. The molecule has 0 unspecified atom stereocenters. The maximum absolute atomic E-state index is 12.9. The lowest BCUT2D eigenvalue weighted by Gasteiger charge is -2.20. The number of amides is 1. The second-order valence-corrected chi connectivity index (χ2v) is 13.0. The van der Waals surface area contributed by atoms with Gasteiger partial charge in [-0.15, -0.1) is 0 Å². The minimum atomic E-state index is -0.648. The number of para-hydroxylation sites is 2. The van der Waals surface area contributed by atoms with Crippen LogP contribution in [0.4, 0.5) is 16.2 Å². The van der Waals surface area contributed by atoms with E-state index in [-0.39, 0.29) is 0 Å². The minimum absolute atomic E-state index is 0.511. The molecule has 0 saturated carbocycles. The number of furan rings is 2. The summed E-state index contributed by atoms with van der Waals surface area (Å²) in [6.07, 6.45) is 7.26. The highest BCUT2D eigenvalue weighted by Gasteiger charge is 2.20. The first kappa shape index (κ1) is 29.3. The summed E-state index contributed by atoms with van der Waals surface area (Å²) in [4.78, 5) is 22.0. The maximum Gasteiger partial charge on any atom is 0.412 e. The Labute approximate surface area is 276 Å². The second-order valence-electron chi connectivity index (χ2n) is 13.0. The average Bonchev–Trinajstić information content (AvgIpc) is 3.69. The smallest absolute Gasteiger partial charge is 0.412 e. The van der Waals surface area contributed by atoms with Crippen LogP contribution in [0, 0.1) is 0 Å². The maximum atomic E-state index is 12.9.